The van der Waals surface area contributed by atoms with Crippen LogP contribution in [0.15, 0.2) is 0 Å². The Morgan fingerprint density at radius 1 is 0.655 bits per heavy atom. The van der Waals surface area contributed by atoms with E-state index < -0.39 is 22.8 Å². The van der Waals surface area contributed by atoms with Crippen LogP contribution in [0.2, 0.25) is 0 Å². The van der Waals surface area contributed by atoms with E-state index in [1.165, 1.54) is 70.6 Å². The maximum Gasteiger partial charge on any atom is 0.310 e. The highest BCUT2D eigenvalue weighted by Gasteiger charge is 2.58. The molecule has 170 valence electrons. The minimum absolute atomic E-state index is 0.479. The molecule has 1 rings (SSSR count). The van der Waals surface area contributed by atoms with Crippen LogP contribution < -0.4 is 0 Å². The Labute approximate surface area is 178 Å². The van der Waals surface area contributed by atoms with Gasteiger partial charge in [-0.2, -0.15) is 0 Å². The molecule has 29 heavy (non-hydrogen) atoms. The second kappa shape index (κ2) is 14.0. The lowest BCUT2D eigenvalue weighted by Crippen LogP contribution is -2.52. The summed E-state index contributed by atoms with van der Waals surface area (Å²) >= 11 is 0. The fraction of sp³-hybridized carbons (Fsp3) is 0.920. The van der Waals surface area contributed by atoms with Crippen LogP contribution in [0.1, 0.15) is 136 Å². The van der Waals surface area contributed by atoms with Crippen molar-refractivity contribution >= 4 is 11.9 Å². The Bertz CT molecular complexity index is 475. The number of hydrogen-bond donors (Lipinski definition) is 2. The molecule has 0 spiro atoms. The van der Waals surface area contributed by atoms with Gasteiger partial charge in [0.15, 0.2) is 0 Å². The van der Waals surface area contributed by atoms with Gasteiger partial charge in [0.25, 0.3) is 0 Å². The quantitative estimate of drug-likeness (QED) is 0.242. The maximum atomic E-state index is 12.1. The van der Waals surface area contributed by atoms with Crippen LogP contribution in [-0.2, 0) is 9.59 Å². The van der Waals surface area contributed by atoms with E-state index in [2.05, 4.69) is 6.92 Å². The van der Waals surface area contributed by atoms with Gasteiger partial charge in [0.1, 0.15) is 0 Å². The molecule has 0 aromatic heterocycles. The fourth-order valence-electron chi connectivity index (χ4n) is 5.20. The smallest absolute Gasteiger partial charge is 0.310 e. The molecule has 0 amide bonds. The molecular weight excluding hydrogens is 364 g/mol. The second-order valence-corrected chi connectivity index (χ2v) is 9.58. The third-order valence-electron chi connectivity index (χ3n) is 7.43. The van der Waals surface area contributed by atoms with Crippen LogP contribution in [0.25, 0.3) is 0 Å². The van der Waals surface area contributed by atoms with E-state index in [-0.39, 0.29) is 0 Å². The Hall–Kier alpha value is -1.06. The van der Waals surface area contributed by atoms with Crippen molar-refractivity contribution in [1.29, 1.82) is 0 Å². The van der Waals surface area contributed by atoms with Gasteiger partial charge >= 0.3 is 11.9 Å². The van der Waals surface area contributed by atoms with Crippen molar-refractivity contribution in [3.05, 3.63) is 0 Å². The van der Waals surface area contributed by atoms with E-state index in [0.717, 1.165) is 32.1 Å². The number of unbranched alkanes of at least 4 members (excludes halogenated alkanes) is 13. The van der Waals surface area contributed by atoms with E-state index in [4.69, 9.17) is 0 Å². The van der Waals surface area contributed by atoms with Gasteiger partial charge in [-0.05, 0) is 26.2 Å². The molecule has 0 bridgehead atoms. The SMILES string of the molecule is CCCCCCCCCCCCCCCCC1(C(=O)O)CCCCC1(C)C(=O)O. The van der Waals surface area contributed by atoms with Crippen molar-refractivity contribution in [2.45, 2.75) is 136 Å². The zero-order chi connectivity index (χ0) is 21.6. The predicted molar refractivity (Wildman–Crippen MR) is 119 cm³/mol. The Kier molecular flexibility index (Phi) is 12.6. The lowest BCUT2D eigenvalue weighted by molar-refractivity contribution is -0.179. The van der Waals surface area contributed by atoms with E-state index in [9.17, 15) is 19.8 Å². The maximum absolute atomic E-state index is 12.1. The zero-order valence-corrected chi connectivity index (χ0v) is 19.1. The molecule has 1 aliphatic carbocycles. The van der Waals surface area contributed by atoms with Crippen LogP contribution in [0, 0.1) is 10.8 Å². The lowest BCUT2D eigenvalue weighted by Gasteiger charge is -2.46. The number of carboxylic acids is 2. The molecule has 1 fully saturated rings. The highest BCUT2D eigenvalue weighted by atomic mass is 16.4. The highest BCUT2D eigenvalue weighted by Crippen LogP contribution is 2.54. The predicted octanol–water partition coefficient (Wildman–Crippen LogP) is 7.59. The second-order valence-electron chi connectivity index (χ2n) is 9.58. The summed E-state index contributed by atoms with van der Waals surface area (Å²) in [4.78, 5) is 24.0. The topological polar surface area (TPSA) is 74.6 Å². The van der Waals surface area contributed by atoms with Crippen molar-refractivity contribution in [3.8, 4) is 0 Å². The molecule has 0 radical (unpaired) electrons. The van der Waals surface area contributed by atoms with Crippen LogP contribution in [-0.4, -0.2) is 22.2 Å². The van der Waals surface area contributed by atoms with Crippen LogP contribution >= 0.6 is 0 Å². The van der Waals surface area contributed by atoms with Gasteiger partial charge < -0.3 is 10.2 Å². The summed E-state index contributed by atoms with van der Waals surface area (Å²) in [7, 11) is 0. The number of carbonyl (C=O) groups is 2. The molecule has 0 aromatic carbocycles. The first-order valence-corrected chi connectivity index (χ1v) is 12.4. The molecule has 4 nitrogen and oxygen atoms in total. The summed E-state index contributed by atoms with van der Waals surface area (Å²) < 4.78 is 0. The van der Waals surface area contributed by atoms with E-state index >= 15 is 0 Å². The van der Waals surface area contributed by atoms with Crippen LogP contribution in [0.4, 0.5) is 0 Å². The number of aliphatic carboxylic acids is 2. The standard InChI is InChI=1S/C25H46O4/c1-3-4-5-6-7-8-9-10-11-12-13-14-15-16-20-25(23(28)29)21-18-17-19-24(25,2)22(26)27/h3-21H2,1-2H3,(H,26,27)(H,28,29). The summed E-state index contributed by atoms with van der Waals surface area (Å²) in [5.74, 6) is -1.85. The molecule has 2 N–H and O–H groups in total. The molecule has 4 heteroatoms. The third kappa shape index (κ3) is 7.94. The lowest BCUT2D eigenvalue weighted by atomic mass is 9.55. The molecule has 0 saturated heterocycles. The number of rotatable bonds is 17. The number of carboxylic acid groups (broad SMARTS) is 2. The average molecular weight is 411 g/mol. The van der Waals surface area contributed by atoms with Crippen LogP contribution in [0.3, 0.4) is 0 Å². The Morgan fingerprint density at radius 2 is 1.07 bits per heavy atom. The van der Waals surface area contributed by atoms with Gasteiger partial charge in [0.05, 0.1) is 10.8 Å². The highest BCUT2D eigenvalue weighted by molar-refractivity contribution is 5.86. The van der Waals surface area contributed by atoms with Crippen molar-refractivity contribution < 1.29 is 19.8 Å². The van der Waals surface area contributed by atoms with Crippen LogP contribution in [0.5, 0.6) is 0 Å². The van der Waals surface area contributed by atoms with Gasteiger partial charge in [0.2, 0.25) is 0 Å². The van der Waals surface area contributed by atoms with Crippen molar-refractivity contribution in [2.24, 2.45) is 10.8 Å². The first-order chi connectivity index (χ1) is 13.9. The summed E-state index contributed by atoms with van der Waals surface area (Å²) in [6.07, 6.45) is 20.9. The van der Waals surface area contributed by atoms with E-state index in [1.54, 1.807) is 6.92 Å². The van der Waals surface area contributed by atoms with Gasteiger partial charge in [-0.1, -0.05) is 110 Å². The molecule has 0 heterocycles. The molecule has 1 aliphatic rings. The number of hydrogen-bond acceptors (Lipinski definition) is 2. The summed E-state index contributed by atoms with van der Waals surface area (Å²) in [5.41, 5.74) is -2.22. The van der Waals surface area contributed by atoms with E-state index in [0.29, 0.717) is 19.3 Å². The summed E-state index contributed by atoms with van der Waals surface area (Å²) in [6.45, 7) is 3.92. The Balaban J connectivity index is 2.16. The largest absolute Gasteiger partial charge is 0.481 e. The zero-order valence-electron chi connectivity index (χ0n) is 19.1. The molecule has 0 aromatic rings. The Morgan fingerprint density at radius 3 is 1.48 bits per heavy atom. The summed E-state index contributed by atoms with van der Waals surface area (Å²) in [5, 5.41) is 19.6. The first-order valence-electron chi connectivity index (χ1n) is 12.4. The third-order valence-corrected chi connectivity index (χ3v) is 7.43. The van der Waals surface area contributed by atoms with Crippen molar-refractivity contribution in [1.82, 2.24) is 0 Å². The van der Waals surface area contributed by atoms with Gasteiger partial charge in [-0.15, -0.1) is 0 Å². The molecule has 2 unspecified atom stereocenters. The average Bonchev–Trinajstić information content (AvgIpc) is 2.69. The van der Waals surface area contributed by atoms with Gasteiger partial charge in [-0.3, -0.25) is 9.59 Å². The molecule has 0 aliphatic heterocycles. The minimum Gasteiger partial charge on any atom is -0.481 e. The normalized spacial score (nSPS) is 24.5. The van der Waals surface area contributed by atoms with Crippen molar-refractivity contribution in [3.63, 3.8) is 0 Å². The molecule has 1 saturated carbocycles. The van der Waals surface area contributed by atoms with Gasteiger partial charge in [-0.25, -0.2) is 0 Å². The van der Waals surface area contributed by atoms with Crippen molar-refractivity contribution in [2.75, 3.05) is 0 Å². The molecule has 2 atom stereocenters. The minimum atomic E-state index is -1.13. The first kappa shape index (κ1) is 26.0. The molecular formula is C25H46O4. The monoisotopic (exact) mass is 410 g/mol. The van der Waals surface area contributed by atoms with Gasteiger partial charge in [0, 0.05) is 0 Å². The fourth-order valence-corrected chi connectivity index (χ4v) is 5.20. The van der Waals surface area contributed by atoms with E-state index in [1.807, 2.05) is 0 Å². The summed E-state index contributed by atoms with van der Waals surface area (Å²) in [6, 6.07) is 0.